The maximum atomic E-state index is 5.91. The van der Waals surface area contributed by atoms with Gasteiger partial charge in [0.05, 0.1) is 0 Å². The molecule has 0 saturated heterocycles. The Labute approximate surface area is 83.5 Å². The van der Waals surface area contributed by atoms with Crippen molar-refractivity contribution in [3.8, 4) is 0 Å². The molecule has 0 radical (unpaired) electrons. The molecule has 0 aromatic heterocycles. The minimum Gasteiger partial charge on any atom is -0.327 e. The first-order chi connectivity index (χ1) is 5.79. The summed E-state index contributed by atoms with van der Waals surface area (Å²) in [6.45, 7) is 12.2. The molecule has 2 nitrogen and oxygen atoms in total. The van der Waals surface area contributed by atoms with Gasteiger partial charge in [0.15, 0.2) is 0 Å². The summed E-state index contributed by atoms with van der Waals surface area (Å²) in [7, 11) is 2.16. The summed E-state index contributed by atoms with van der Waals surface area (Å²) in [6, 6.07) is 0.889. The number of likely N-dealkylation sites (N-methyl/N-ethyl adjacent to an activating group) is 1. The normalized spacial score (nSPS) is 17.5. The van der Waals surface area contributed by atoms with Crippen LogP contribution in [0.3, 0.4) is 0 Å². The molecule has 0 aromatic rings. The van der Waals surface area contributed by atoms with Gasteiger partial charge in [0.25, 0.3) is 0 Å². The van der Waals surface area contributed by atoms with Crippen molar-refractivity contribution in [1.82, 2.24) is 4.90 Å². The fourth-order valence-electron chi connectivity index (χ4n) is 1.32. The highest BCUT2D eigenvalue weighted by Crippen LogP contribution is 2.22. The van der Waals surface area contributed by atoms with Crippen LogP contribution < -0.4 is 5.73 Å². The molecular formula is C11H26N2. The molecule has 0 amide bonds. The molecule has 0 heterocycles. The Balaban J connectivity index is 4.03. The monoisotopic (exact) mass is 186 g/mol. The quantitative estimate of drug-likeness (QED) is 0.728. The Hall–Kier alpha value is -0.0800. The Bertz CT molecular complexity index is 138. The molecular weight excluding hydrogens is 160 g/mol. The maximum Gasteiger partial charge on any atom is 0.0165 e. The molecule has 0 aliphatic carbocycles. The Morgan fingerprint density at radius 3 is 2.08 bits per heavy atom. The van der Waals surface area contributed by atoms with E-state index in [-0.39, 0.29) is 0 Å². The largest absolute Gasteiger partial charge is 0.327 e. The lowest BCUT2D eigenvalue weighted by molar-refractivity contribution is 0.134. The van der Waals surface area contributed by atoms with Crippen molar-refractivity contribution in [3.63, 3.8) is 0 Å². The van der Waals surface area contributed by atoms with Gasteiger partial charge in [-0.05, 0) is 25.8 Å². The van der Waals surface area contributed by atoms with Gasteiger partial charge < -0.3 is 10.6 Å². The standard InChI is InChI=1S/C11H26N2/c1-7-10(12)8-13(6)9(2)11(3,4)5/h9-10H,7-8,12H2,1-6H3. The highest BCUT2D eigenvalue weighted by atomic mass is 15.1. The molecule has 0 aliphatic heterocycles. The second-order valence-electron chi connectivity index (χ2n) is 5.15. The summed E-state index contributed by atoms with van der Waals surface area (Å²) in [4.78, 5) is 2.36. The predicted octanol–water partition coefficient (Wildman–Crippen LogP) is 2.09. The number of hydrogen-bond acceptors (Lipinski definition) is 2. The third kappa shape index (κ3) is 4.63. The van der Waals surface area contributed by atoms with Crippen LogP contribution in [0.5, 0.6) is 0 Å². The SMILES string of the molecule is CCC(N)CN(C)C(C)C(C)(C)C. The lowest BCUT2D eigenvalue weighted by atomic mass is 9.87. The van der Waals surface area contributed by atoms with Crippen LogP contribution in [0.4, 0.5) is 0 Å². The lowest BCUT2D eigenvalue weighted by Crippen LogP contribution is -2.45. The molecule has 2 N–H and O–H groups in total. The highest BCUT2D eigenvalue weighted by molar-refractivity contribution is 4.79. The summed E-state index contributed by atoms with van der Waals surface area (Å²) < 4.78 is 0. The lowest BCUT2D eigenvalue weighted by Gasteiger charge is -2.36. The van der Waals surface area contributed by atoms with Crippen LogP contribution in [-0.2, 0) is 0 Å². The van der Waals surface area contributed by atoms with Gasteiger partial charge in [-0.15, -0.1) is 0 Å². The van der Waals surface area contributed by atoms with Crippen molar-refractivity contribution in [1.29, 1.82) is 0 Å². The maximum absolute atomic E-state index is 5.91. The average Bonchev–Trinajstić information content (AvgIpc) is 2.01. The van der Waals surface area contributed by atoms with E-state index in [2.05, 4.69) is 46.6 Å². The second-order valence-corrected chi connectivity index (χ2v) is 5.15. The zero-order chi connectivity index (χ0) is 10.6. The van der Waals surface area contributed by atoms with Crippen molar-refractivity contribution in [2.75, 3.05) is 13.6 Å². The van der Waals surface area contributed by atoms with Gasteiger partial charge in [0, 0.05) is 18.6 Å². The van der Waals surface area contributed by atoms with Gasteiger partial charge in [0.2, 0.25) is 0 Å². The van der Waals surface area contributed by atoms with Crippen molar-refractivity contribution in [2.24, 2.45) is 11.1 Å². The summed E-state index contributed by atoms with van der Waals surface area (Å²) in [6.07, 6.45) is 1.06. The van der Waals surface area contributed by atoms with E-state index in [4.69, 9.17) is 5.73 Å². The van der Waals surface area contributed by atoms with Gasteiger partial charge in [-0.25, -0.2) is 0 Å². The molecule has 0 saturated carbocycles. The van der Waals surface area contributed by atoms with E-state index >= 15 is 0 Å². The molecule has 0 bridgehead atoms. The Kier molecular flexibility index (Phi) is 4.93. The summed E-state index contributed by atoms with van der Waals surface area (Å²) >= 11 is 0. The van der Waals surface area contributed by atoms with Gasteiger partial charge in [0.1, 0.15) is 0 Å². The van der Waals surface area contributed by atoms with Crippen molar-refractivity contribution in [3.05, 3.63) is 0 Å². The van der Waals surface area contributed by atoms with Crippen LogP contribution in [0.1, 0.15) is 41.0 Å². The zero-order valence-corrected chi connectivity index (χ0v) is 10.1. The average molecular weight is 186 g/mol. The van der Waals surface area contributed by atoms with Gasteiger partial charge in [-0.1, -0.05) is 27.7 Å². The van der Waals surface area contributed by atoms with Gasteiger partial charge in [-0.3, -0.25) is 0 Å². The minimum atomic E-state index is 0.315. The van der Waals surface area contributed by atoms with E-state index in [1.165, 1.54) is 0 Å². The molecule has 13 heavy (non-hydrogen) atoms. The van der Waals surface area contributed by atoms with E-state index in [0.717, 1.165) is 13.0 Å². The van der Waals surface area contributed by atoms with E-state index in [9.17, 15) is 0 Å². The van der Waals surface area contributed by atoms with E-state index < -0.39 is 0 Å². The molecule has 2 unspecified atom stereocenters. The fourth-order valence-corrected chi connectivity index (χ4v) is 1.32. The number of rotatable bonds is 4. The molecule has 0 spiro atoms. The summed E-state index contributed by atoms with van der Waals surface area (Å²) in [5.41, 5.74) is 6.25. The van der Waals surface area contributed by atoms with Gasteiger partial charge >= 0.3 is 0 Å². The van der Waals surface area contributed by atoms with E-state index in [1.807, 2.05) is 0 Å². The molecule has 2 heteroatoms. The van der Waals surface area contributed by atoms with E-state index in [0.29, 0.717) is 17.5 Å². The third-order valence-electron chi connectivity index (χ3n) is 2.96. The molecule has 80 valence electrons. The van der Waals surface area contributed by atoms with Crippen molar-refractivity contribution in [2.45, 2.75) is 53.1 Å². The number of nitrogens with zero attached hydrogens (tertiary/aromatic N) is 1. The van der Waals surface area contributed by atoms with Crippen molar-refractivity contribution < 1.29 is 0 Å². The Morgan fingerprint density at radius 1 is 1.31 bits per heavy atom. The smallest absolute Gasteiger partial charge is 0.0165 e. The molecule has 0 fully saturated rings. The van der Waals surface area contributed by atoms with Crippen LogP contribution in [0.2, 0.25) is 0 Å². The van der Waals surface area contributed by atoms with Crippen LogP contribution >= 0.6 is 0 Å². The Morgan fingerprint density at radius 2 is 1.77 bits per heavy atom. The number of hydrogen-bond donors (Lipinski definition) is 1. The first-order valence-corrected chi connectivity index (χ1v) is 5.24. The van der Waals surface area contributed by atoms with Crippen molar-refractivity contribution >= 4 is 0 Å². The second kappa shape index (κ2) is 4.97. The highest BCUT2D eigenvalue weighted by Gasteiger charge is 2.24. The predicted molar refractivity (Wildman–Crippen MR) is 59.8 cm³/mol. The topological polar surface area (TPSA) is 29.3 Å². The van der Waals surface area contributed by atoms with Crippen LogP contribution in [0.25, 0.3) is 0 Å². The fraction of sp³-hybridized carbons (Fsp3) is 1.00. The first kappa shape index (κ1) is 12.9. The van der Waals surface area contributed by atoms with Crippen LogP contribution in [0.15, 0.2) is 0 Å². The third-order valence-corrected chi connectivity index (χ3v) is 2.96. The van der Waals surface area contributed by atoms with Crippen LogP contribution in [0, 0.1) is 5.41 Å². The van der Waals surface area contributed by atoms with Crippen LogP contribution in [-0.4, -0.2) is 30.6 Å². The summed E-state index contributed by atoms with van der Waals surface area (Å²) in [5.74, 6) is 0. The molecule has 0 aliphatic rings. The van der Waals surface area contributed by atoms with Gasteiger partial charge in [-0.2, -0.15) is 0 Å². The molecule has 2 atom stereocenters. The molecule has 0 rings (SSSR count). The summed E-state index contributed by atoms with van der Waals surface area (Å²) in [5, 5.41) is 0. The minimum absolute atomic E-state index is 0.315. The zero-order valence-electron chi connectivity index (χ0n) is 10.1. The number of nitrogens with two attached hydrogens (primary N) is 1. The first-order valence-electron chi connectivity index (χ1n) is 5.24. The molecule has 0 aromatic carbocycles. The van der Waals surface area contributed by atoms with E-state index in [1.54, 1.807) is 0 Å².